The van der Waals surface area contributed by atoms with Crippen LogP contribution in [0.5, 0.6) is 0 Å². The van der Waals surface area contributed by atoms with Crippen molar-refractivity contribution in [3.8, 4) is 0 Å². The third-order valence-corrected chi connectivity index (χ3v) is 3.37. The molecule has 0 fully saturated rings. The Labute approximate surface area is 124 Å². The van der Waals surface area contributed by atoms with Crippen LogP contribution in [0, 0.1) is 0 Å². The first-order valence-electron chi connectivity index (χ1n) is 5.95. The summed E-state index contributed by atoms with van der Waals surface area (Å²) in [6, 6.07) is 1.60. The van der Waals surface area contributed by atoms with Gasteiger partial charge in [-0.05, 0) is 28.9 Å². The summed E-state index contributed by atoms with van der Waals surface area (Å²) in [5, 5.41) is 19.9. The van der Waals surface area contributed by atoms with Crippen molar-refractivity contribution in [3.05, 3.63) is 34.5 Å². The summed E-state index contributed by atoms with van der Waals surface area (Å²) in [4.78, 5) is 14.9. The van der Waals surface area contributed by atoms with Crippen molar-refractivity contribution >= 4 is 27.7 Å². The van der Waals surface area contributed by atoms with Crippen LogP contribution in [0.15, 0.2) is 23.1 Å². The molecule has 0 aliphatic rings. The summed E-state index contributed by atoms with van der Waals surface area (Å²) >= 11 is 3.31. The highest BCUT2D eigenvalue weighted by Gasteiger charge is 2.12. The Hall–Kier alpha value is -1.96. The van der Waals surface area contributed by atoms with Crippen molar-refractivity contribution in [3.63, 3.8) is 0 Å². The third kappa shape index (κ3) is 3.32. The molecule has 0 saturated heterocycles. The van der Waals surface area contributed by atoms with Crippen LogP contribution in [0.25, 0.3) is 0 Å². The number of anilines is 1. The van der Waals surface area contributed by atoms with Crippen molar-refractivity contribution in [1.82, 2.24) is 19.7 Å². The minimum absolute atomic E-state index is 0.0809. The number of aromatic carboxylic acids is 1. The lowest BCUT2D eigenvalue weighted by Gasteiger charge is -2.15. The van der Waals surface area contributed by atoms with Gasteiger partial charge in [0.05, 0.1) is 10.0 Å². The Bertz CT molecular complexity index is 628. The Kier molecular flexibility index (Phi) is 4.33. The highest BCUT2D eigenvalue weighted by Crippen LogP contribution is 2.22. The quantitative estimate of drug-likeness (QED) is 0.861. The molecule has 0 saturated carbocycles. The molecule has 0 aromatic carbocycles. The zero-order chi connectivity index (χ0) is 14.7. The second-order valence-electron chi connectivity index (χ2n) is 4.47. The van der Waals surface area contributed by atoms with Crippen molar-refractivity contribution in [2.24, 2.45) is 7.05 Å². The average molecular weight is 340 g/mol. The van der Waals surface area contributed by atoms with E-state index in [0.717, 1.165) is 5.82 Å². The van der Waals surface area contributed by atoms with Gasteiger partial charge in [0.2, 0.25) is 0 Å². The molecule has 2 N–H and O–H groups in total. The maximum Gasteiger partial charge on any atom is 0.337 e. The van der Waals surface area contributed by atoms with Crippen LogP contribution >= 0.6 is 15.9 Å². The summed E-state index contributed by atoms with van der Waals surface area (Å²) in [6.45, 7) is 1.99. The molecule has 106 valence electrons. The monoisotopic (exact) mass is 339 g/mol. The van der Waals surface area contributed by atoms with Gasteiger partial charge in [-0.25, -0.2) is 9.78 Å². The third-order valence-electron chi connectivity index (χ3n) is 2.77. The fourth-order valence-electron chi connectivity index (χ4n) is 1.71. The van der Waals surface area contributed by atoms with Crippen molar-refractivity contribution in [2.75, 3.05) is 5.32 Å². The van der Waals surface area contributed by atoms with Crippen LogP contribution in [0.3, 0.4) is 0 Å². The minimum Gasteiger partial charge on any atom is -0.478 e. The van der Waals surface area contributed by atoms with E-state index in [9.17, 15) is 4.79 Å². The predicted octanol–water partition coefficient (Wildman–Crippen LogP) is 1.71. The van der Waals surface area contributed by atoms with Gasteiger partial charge in [-0.1, -0.05) is 0 Å². The average Bonchev–Trinajstić information content (AvgIpc) is 2.77. The van der Waals surface area contributed by atoms with E-state index >= 15 is 0 Å². The minimum atomic E-state index is -1.00. The highest BCUT2D eigenvalue weighted by atomic mass is 79.9. The molecule has 0 aliphatic carbocycles. The number of pyridine rings is 1. The number of aryl methyl sites for hydroxylation is 1. The topological polar surface area (TPSA) is 92.9 Å². The van der Waals surface area contributed by atoms with Gasteiger partial charge in [0.1, 0.15) is 18.0 Å². The molecule has 8 heteroatoms. The van der Waals surface area contributed by atoms with Gasteiger partial charge in [-0.3, -0.25) is 0 Å². The summed E-state index contributed by atoms with van der Waals surface area (Å²) < 4.78 is 2.47. The van der Waals surface area contributed by atoms with E-state index in [4.69, 9.17) is 5.11 Å². The molecule has 0 bridgehead atoms. The number of aromatic nitrogens is 4. The maximum absolute atomic E-state index is 10.8. The number of rotatable bonds is 5. The second kappa shape index (κ2) is 6.00. The number of halogens is 1. The van der Waals surface area contributed by atoms with Crippen LogP contribution in [0.4, 0.5) is 5.82 Å². The first kappa shape index (κ1) is 14.4. The van der Waals surface area contributed by atoms with E-state index in [1.165, 1.54) is 12.3 Å². The lowest BCUT2D eigenvalue weighted by Crippen LogP contribution is -2.21. The van der Waals surface area contributed by atoms with E-state index in [2.05, 4.69) is 36.4 Å². The van der Waals surface area contributed by atoms with Gasteiger partial charge in [0, 0.05) is 25.7 Å². The summed E-state index contributed by atoms with van der Waals surface area (Å²) in [5.41, 5.74) is 0.142. The number of hydrogen-bond donors (Lipinski definition) is 2. The van der Waals surface area contributed by atoms with Crippen LogP contribution < -0.4 is 5.32 Å². The SMILES string of the molecule is CC(Cc1nncn1C)Nc1ncc(C(=O)O)cc1Br. The van der Waals surface area contributed by atoms with Crippen molar-refractivity contribution < 1.29 is 9.90 Å². The Morgan fingerprint density at radius 1 is 1.60 bits per heavy atom. The Morgan fingerprint density at radius 2 is 2.35 bits per heavy atom. The number of nitrogens with zero attached hydrogens (tertiary/aromatic N) is 4. The molecule has 2 rings (SSSR count). The molecule has 20 heavy (non-hydrogen) atoms. The molecule has 1 unspecified atom stereocenters. The smallest absolute Gasteiger partial charge is 0.337 e. The van der Waals surface area contributed by atoms with Crippen LogP contribution in [-0.2, 0) is 13.5 Å². The molecule has 7 nitrogen and oxygen atoms in total. The van der Waals surface area contributed by atoms with Gasteiger partial charge in [-0.15, -0.1) is 10.2 Å². The van der Waals surface area contributed by atoms with E-state index in [0.29, 0.717) is 16.7 Å². The molecule has 0 aliphatic heterocycles. The molecule has 0 radical (unpaired) electrons. The largest absolute Gasteiger partial charge is 0.478 e. The summed E-state index contributed by atoms with van der Waals surface area (Å²) in [7, 11) is 1.89. The fraction of sp³-hybridized carbons (Fsp3) is 0.333. The zero-order valence-electron chi connectivity index (χ0n) is 11.0. The normalized spacial score (nSPS) is 12.2. The van der Waals surface area contributed by atoms with Crippen molar-refractivity contribution in [1.29, 1.82) is 0 Å². The Morgan fingerprint density at radius 3 is 2.90 bits per heavy atom. The standard InChI is InChI=1S/C12H14BrN5O2/c1-7(3-10-17-15-6-18(10)2)16-11-9(13)4-8(5-14-11)12(19)20/h4-7H,3H2,1-2H3,(H,14,16)(H,19,20). The lowest BCUT2D eigenvalue weighted by molar-refractivity contribution is 0.0696. The van der Waals surface area contributed by atoms with E-state index in [1.807, 2.05) is 18.5 Å². The zero-order valence-corrected chi connectivity index (χ0v) is 12.6. The first-order chi connectivity index (χ1) is 9.47. The molecular weight excluding hydrogens is 326 g/mol. The number of carbonyl (C=O) groups is 1. The first-order valence-corrected chi connectivity index (χ1v) is 6.75. The van der Waals surface area contributed by atoms with Gasteiger partial charge in [-0.2, -0.15) is 0 Å². The molecular formula is C12H14BrN5O2. The lowest BCUT2D eigenvalue weighted by atomic mass is 10.2. The fourth-order valence-corrected chi connectivity index (χ4v) is 2.17. The van der Waals surface area contributed by atoms with Crippen molar-refractivity contribution in [2.45, 2.75) is 19.4 Å². The molecule has 2 aromatic rings. The summed E-state index contributed by atoms with van der Waals surface area (Å²) in [5.74, 6) is 0.463. The van der Waals surface area contributed by atoms with E-state index in [1.54, 1.807) is 6.33 Å². The van der Waals surface area contributed by atoms with Crippen LogP contribution in [0.1, 0.15) is 23.1 Å². The van der Waals surface area contributed by atoms with E-state index < -0.39 is 5.97 Å². The molecule has 2 aromatic heterocycles. The van der Waals surface area contributed by atoms with Gasteiger partial charge < -0.3 is 15.0 Å². The van der Waals surface area contributed by atoms with Gasteiger partial charge in [0.25, 0.3) is 0 Å². The molecule has 0 amide bonds. The summed E-state index contributed by atoms with van der Waals surface area (Å²) in [6.07, 6.45) is 3.66. The number of carboxylic acid groups (broad SMARTS) is 1. The predicted molar refractivity (Wildman–Crippen MR) is 76.7 cm³/mol. The number of nitrogens with one attached hydrogen (secondary N) is 1. The van der Waals surface area contributed by atoms with Gasteiger partial charge in [0.15, 0.2) is 0 Å². The second-order valence-corrected chi connectivity index (χ2v) is 5.32. The van der Waals surface area contributed by atoms with Crippen LogP contribution in [-0.4, -0.2) is 36.9 Å². The maximum atomic E-state index is 10.8. The molecule has 2 heterocycles. The number of hydrogen-bond acceptors (Lipinski definition) is 5. The number of carboxylic acids is 1. The molecule has 0 spiro atoms. The van der Waals surface area contributed by atoms with E-state index in [-0.39, 0.29) is 11.6 Å². The highest BCUT2D eigenvalue weighted by molar-refractivity contribution is 9.10. The Balaban J connectivity index is 2.06. The molecule has 1 atom stereocenters. The van der Waals surface area contributed by atoms with Gasteiger partial charge >= 0.3 is 5.97 Å². The van der Waals surface area contributed by atoms with Crippen LogP contribution in [0.2, 0.25) is 0 Å².